The minimum Gasteiger partial charge on any atom is -0.485 e. The Balaban J connectivity index is 1.94. The molecule has 1 fully saturated rings. The first-order valence-electron chi connectivity index (χ1n) is 6.26. The highest BCUT2D eigenvalue weighted by Crippen LogP contribution is 2.44. The second-order valence-electron chi connectivity index (χ2n) is 5.51. The number of hydrogen-bond acceptors (Lipinski definition) is 3. The number of benzene rings is 1. The van der Waals surface area contributed by atoms with Crippen molar-refractivity contribution in [1.82, 2.24) is 4.90 Å². The van der Waals surface area contributed by atoms with Gasteiger partial charge in [0.05, 0.1) is 6.10 Å². The van der Waals surface area contributed by atoms with Crippen molar-refractivity contribution in [3.63, 3.8) is 0 Å². The van der Waals surface area contributed by atoms with Crippen molar-refractivity contribution in [2.24, 2.45) is 0 Å². The van der Waals surface area contributed by atoms with Crippen LogP contribution in [0.15, 0.2) is 24.3 Å². The molecule has 3 atom stereocenters. The Morgan fingerprint density at radius 1 is 1.35 bits per heavy atom. The first kappa shape index (κ1) is 11.1. The molecule has 1 saturated heterocycles. The zero-order valence-corrected chi connectivity index (χ0v) is 10.4. The topological polar surface area (TPSA) is 32.7 Å². The lowest BCUT2D eigenvalue weighted by Crippen LogP contribution is -2.43. The molecule has 3 rings (SSSR count). The fourth-order valence-corrected chi connectivity index (χ4v) is 3.18. The van der Waals surface area contributed by atoms with Crippen LogP contribution in [0.3, 0.4) is 0 Å². The number of fused-ring (bicyclic) bond motifs is 1. The second-order valence-corrected chi connectivity index (χ2v) is 5.51. The Labute approximate surface area is 102 Å². The molecule has 0 aliphatic carbocycles. The summed E-state index contributed by atoms with van der Waals surface area (Å²) in [5.41, 5.74) is 0.738. The average molecular weight is 233 g/mol. The third-order valence-corrected chi connectivity index (χ3v) is 4.13. The van der Waals surface area contributed by atoms with Crippen LogP contribution < -0.4 is 4.74 Å². The van der Waals surface area contributed by atoms with Crippen LogP contribution in [0, 0.1) is 0 Å². The van der Waals surface area contributed by atoms with Gasteiger partial charge in [-0.1, -0.05) is 18.2 Å². The molecule has 2 heterocycles. The Hall–Kier alpha value is -1.06. The fraction of sp³-hybridized carbons (Fsp3) is 0.571. The normalized spacial score (nSPS) is 36.9. The molecule has 2 aliphatic rings. The van der Waals surface area contributed by atoms with Crippen LogP contribution in [0.25, 0.3) is 0 Å². The van der Waals surface area contributed by atoms with Crippen LogP contribution in [-0.2, 0) is 0 Å². The number of likely N-dealkylation sites (tertiary alicyclic amines) is 1. The molecule has 1 aromatic rings. The van der Waals surface area contributed by atoms with Crippen molar-refractivity contribution in [3.05, 3.63) is 29.8 Å². The highest BCUT2D eigenvalue weighted by atomic mass is 16.5. The van der Waals surface area contributed by atoms with Crippen LogP contribution in [0.4, 0.5) is 0 Å². The Morgan fingerprint density at radius 2 is 2.12 bits per heavy atom. The number of hydrogen-bond donors (Lipinski definition) is 1. The molecule has 1 aromatic carbocycles. The quantitative estimate of drug-likeness (QED) is 0.743. The van der Waals surface area contributed by atoms with Crippen molar-refractivity contribution < 1.29 is 9.84 Å². The molecule has 3 nitrogen and oxygen atoms in total. The number of para-hydroxylation sites is 1. The maximum absolute atomic E-state index is 10.3. The molecule has 0 bridgehead atoms. The molecule has 0 amide bonds. The van der Waals surface area contributed by atoms with E-state index < -0.39 is 6.10 Å². The molecule has 0 radical (unpaired) electrons. The lowest BCUT2D eigenvalue weighted by Gasteiger charge is -2.38. The van der Waals surface area contributed by atoms with Gasteiger partial charge in [0.2, 0.25) is 0 Å². The van der Waals surface area contributed by atoms with Gasteiger partial charge in [-0.15, -0.1) is 0 Å². The lowest BCUT2D eigenvalue weighted by atomic mass is 9.87. The van der Waals surface area contributed by atoms with Crippen molar-refractivity contribution in [3.8, 4) is 5.75 Å². The summed E-state index contributed by atoms with van der Waals surface area (Å²) in [4.78, 5) is 2.31. The van der Waals surface area contributed by atoms with Crippen molar-refractivity contribution in [2.75, 3.05) is 13.6 Å². The molecular formula is C14H19NO2. The average Bonchev–Trinajstić information content (AvgIpc) is 2.53. The molecule has 1 spiro atoms. The van der Waals surface area contributed by atoms with Gasteiger partial charge in [0.1, 0.15) is 11.4 Å². The summed E-state index contributed by atoms with van der Waals surface area (Å²) in [6, 6.07) is 8.35. The third-order valence-electron chi connectivity index (χ3n) is 4.13. The van der Waals surface area contributed by atoms with E-state index >= 15 is 0 Å². The number of aliphatic hydroxyl groups is 1. The van der Waals surface area contributed by atoms with Gasteiger partial charge in [0.25, 0.3) is 0 Å². The summed E-state index contributed by atoms with van der Waals surface area (Å²) in [5, 5.41) is 10.3. The van der Waals surface area contributed by atoms with E-state index in [1.807, 2.05) is 24.3 Å². The minimum absolute atomic E-state index is 0.193. The molecule has 3 heteroatoms. The first-order valence-corrected chi connectivity index (χ1v) is 6.26. The fourth-order valence-electron chi connectivity index (χ4n) is 3.18. The smallest absolute Gasteiger partial charge is 0.126 e. The summed E-state index contributed by atoms with van der Waals surface area (Å²) in [5.74, 6) is 0.855. The van der Waals surface area contributed by atoms with Crippen LogP contribution >= 0.6 is 0 Å². The number of rotatable bonds is 0. The molecule has 2 aliphatic heterocycles. The first-order chi connectivity index (χ1) is 8.10. The molecule has 0 saturated carbocycles. The summed E-state index contributed by atoms with van der Waals surface area (Å²) in [6.45, 7) is 3.12. The SMILES string of the molecule is CC1CC2(C[C@@H](O)c3ccccc3O2)CN1C. The maximum atomic E-state index is 10.3. The maximum Gasteiger partial charge on any atom is 0.126 e. The monoisotopic (exact) mass is 233 g/mol. The van der Waals surface area contributed by atoms with Crippen LogP contribution in [0.2, 0.25) is 0 Å². The second kappa shape index (κ2) is 3.72. The van der Waals surface area contributed by atoms with E-state index in [1.165, 1.54) is 0 Å². The van der Waals surface area contributed by atoms with Gasteiger partial charge in [0.15, 0.2) is 0 Å². The van der Waals surface area contributed by atoms with Gasteiger partial charge >= 0.3 is 0 Å². The predicted molar refractivity (Wildman–Crippen MR) is 66.1 cm³/mol. The number of nitrogens with zero attached hydrogens (tertiary/aromatic N) is 1. The van der Waals surface area contributed by atoms with E-state index in [4.69, 9.17) is 4.74 Å². The Bertz CT molecular complexity index is 422. The number of likely N-dealkylation sites (N-methyl/N-ethyl adjacent to an activating group) is 1. The molecule has 2 unspecified atom stereocenters. The predicted octanol–water partition coefficient (Wildman–Crippen LogP) is 1.97. The largest absolute Gasteiger partial charge is 0.485 e. The minimum atomic E-state index is -0.390. The standard InChI is InChI=1S/C14H19NO2/c1-10-7-14(9-15(10)2)8-12(16)11-5-3-4-6-13(11)17-14/h3-6,10,12,16H,7-9H2,1-2H3/t10?,12-,14?/m1/s1. The zero-order valence-electron chi connectivity index (χ0n) is 10.4. The van der Waals surface area contributed by atoms with Crippen LogP contribution in [0.5, 0.6) is 5.75 Å². The Morgan fingerprint density at radius 3 is 2.82 bits per heavy atom. The van der Waals surface area contributed by atoms with E-state index in [9.17, 15) is 5.11 Å². The zero-order chi connectivity index (χ0) is 12.0. The van der Waals surface area contributed by atoms with Crippen LogP contribution in [-0.4, -0.2) is 35.2 Å². The molecule has 1 N–H and O–H groups in total. The van der Waals surface area contributed by atoms with Gasteiger partial charge in [-0.3, -0.25) is 4.90 Å². The lowest BCUT2D eigenvalue weighted by molar-refractivity contribution is -0.00607. The van der Waals surface area contributed by atoms with Gasteiger partial charge in [0, 0.05) is 31.0 Å². The van der Waals surface area contributed by atoms with E-state index in [1.54, 1.807) is 0 Å². The van der Waals surface area contributed by atoms with Gasteiger partial charge in [-0.25, -0.2) is 0 Å². The highest BCUT2D eigenvalue weighted by molar-refractivity contribution is 5.38. The van der Waals surface area contributed by atoms with Crippen molar-refractivity contribution >= 4 is 0 Å². The summed E-state index contributed by atoms with van der Waals surface area (Å²) < 4.78 is 6.19. The summed E-state index contributed by atoms with van der Waals surface area (Å²) in [6.07, 6.45) is 1.31. The van der Waals surface area contributed by atoms with Gasteiger partial charge in [-0.2, -0.15) is 0 Å². The number of ether oxygens (including phenoxy) is 1. The van der Waals surface area contributed by atoms with Gasteiger partial charge in [-0.05, 0) is 20.0 Å². The van der Waals surface area contributed by atoms with Crippen molar-refractivity contribution in [1.29, 1.82) is 0 Å². The van der Waals surface area contributed by atoms with E-state index in [0.717, 1.165) is 24.3 Å². The Kier molecular flexibility index (Phi) is 2.42. The third kappa shape index (κ3) is 1.74. The van der Waals surface area contributed by atoms with Crippen LogP contribution in [0.1, 0.15) is 31.4 Å². The van der Waals surface area contributed by atoms with Crippen molar-refractivity contribution in [2.45, 2.75) is 37.5 Å². The van der Waals surface area contributed by atoms with E-state index in [0.29, 0.717) is 12.5 Å². The molecule has 92 valence electrons. The summed E-state index contributed by atoms with van der Waals surface area (Å²) >= 11 is 0. The van der Waals surface area contributed by atoms with E-state index in [-0.39, 0.29) is 5.60 Å². The van der Waals surface area contributed by atoms with E-state index in [2.05, 4.69) is 18.9 Å². The highest BCUT2D eigenvalue weighted by Gasteiger charge is 2.47. The van der Waals surface area contributed by atoms with Gasteiger partial charge < -0.3 is 9.84 Å². The molecule has 17 heavy (non-hydrogen) atoms. The molecule has 0 aromatic heterocycles. The molecular weight excluding hydrogens is 214 g/mol. The number of aliphatic hydroxyl groups excluding tert-OH is 1. The summed E-state index contributed by atoms with van der Waals surface area (Å²) in [7, 11) is 2.12.